The van der Waals surface area contributed by atoms with Crippen molar-refractivity contribution in [3.8, 4) is 22.4 Å². The smallest absolute Gasteiger partial charge is 0.123 e. The standard InChI is InChI=1S/C16H10FN2/c17-14-8-6-13(7-9-14)16-15(10-18-11-19-16)12-4-2-1-3-5-12/h1-9,11H. The molecule has 3 aromatic rings. The molecule has 1 heterocycles. The van der Waals surface area contributed by atoms with Crippen LogP contribution in [0.4, 0.5) is 4.39 Å². The molecule has 0 unspecified atom stereocenters. The number of nitrogens with zero attached hydrogens (tertiary/aromatic N) is 2. The summed E-state index contributed by atoms with van der Waals surface area (Å²) < 4.78 is 13.0. The van der Waals surface area contributed by atoms with Crippen LogP contribution >= 0.6 is 0 Å². The lowest BCUT2D eigenvalue weighted by Gasteiger charge is -2.07. The van der Waals surface area contributed by atoms with Crippen molar-refractivity contribution in [2.24, 2.45) is 0 Å². The van der Waals surface area contributed by atoms with E-state index in [4.69, 9.17) is 0 Å². The van der Waals surface area contributed by atoms with E-state index >= 15 is 0 Å². The van der Waals surface area contributed by atoms with Crippen molar-refractivity contribution >= 4 is 0 Å². The van der Waals surface area contributed by atoms with Crippen molar-refractivity contribution in [3.63, 3.8) is 0 Å². The molecule has 0 spiro atoms. The highest BCUT2D eigenvalue weighted by Gasteiger charge is 2.09. The first kappa shape index (κ1) is 11.5. The molecule has 0 amide bonds. The molecule has 0 saturated heterocycles. The van der Waals surface area contributed by atoms with Crippen LogP contribution in [-0.2, 0) is 0 Å². The lowest BCUT2D eigenvalue weighted by Crippen LogP contribution is -1.91. The van der Waals surface area contributed by atoms with Crippen LogP contribution in [-0.4, -0.2) is 9.97 Å². The highest BCUT2D eigenvalue weighted by molar-refractivity contribution is 5.79. The molecule has 2 aromatic carbocycles. The second-order valence-corrected chi connectivity index (χ2v) is 4.08. The predicted octanol–water partition coefficient (Wildman–Crippen LogP) is 3.75. The number of halogens is 1. The molecule has 3 heteroatoms. The topological polar surface area (TPSA) is 25.8 Å². The summed E-state index contributed by atoms with van der Waals surface area (Å²) in [5.74, 6) is -0.261. The third-order valence-electron chi connectivity index (χ3n) is 2.84. The van der Waals surface area contributed by atoms with Gasteiger partial charge in [-0.1, -0.05) is 30.3 Å². The Kier molecular flexibility index (Phi) is 3.02. The molecule has 1 radical (unpaired) electrons. The summed E-state index contributed by atoms with van der Waals surface area (Å²) in [6, 6.07) is 16.1. The van der Waals surface area contributed by atoms with Crippen LogP contribution < -0.4 is 0 Å². The molecule has 0 aliphatic heterocycles. The van der Waals surface area contributed by atoms with E-state index in [0.29, 0.717) is 0 Å². The molecule has 3 rings (SSSR count). The molecule has 0 fully saturated rings. The number of benzene rings is 2. The molecule has 91 valence electrons. The molecule has 0 aliphatic rings. The van der Waals surface area contributed by atoms with Gasteiger partial charge in [-0.05, 0) is 29.8 Å². The predicted molar refractivity (Wildman–Crippen MR) is 71.7 cm³/mol. The van der Waals surface area contributed by atoms with E-state index in [2.05, 4.69) is 16.2 Å². The summed E-state index contributed by atoms with van der Waals surface area (Å²) in [7, 11) is 0. The zero-order valence-corrected chi connectivity index (χ0v) is 10.0. The van der Waals surface area contributed by atoms with Gasteiger partial charge in [-0.15, -0.1) is 0 Å². The molecule has 0 saturated carbocycles. The van der Waals surface area contributed by atoms with Crippen LogP contribution in [0.2, 0.25) is 0 Å². The molecule has 0 atom stereocenters. The molecule has 0 bridgehead atoms. The number of rotatable bonds is 2. The Morgan fingerprint density at radius 2 is 1.58 bits per heavy atom. The summed E-state index contributed by atoms with van der Waals surface area (Å²) >= 11 is 0. The summed E-state index contributed by atoms with van der Waals surface area (Å²) in [4.78, 5) is 8.24. The van der Waals surface area contributed by atoms with Crippen molar-refractivity contribution in [2.75, 3.05) is 0 Å². The molecule has 2 nitrogen and oxygen atoms in total. The van der Waals surface area contributed by atoms with E-state index in [9.17, 15) is 4.39 Å². The van der Waals surface area contributed by atoms with Gasteiger partial charge in [-0.3, -0.25) is 0 Å². The van der Waals surface area contributed by atoms with Crippen LogP contribution in [0.15, 0.2) is 60.9 Å². The van der Waals surface area contributed by atoms with Gasteiger partial charge in [-0.25, -0.2) is 14.4 Å². The second kappa shape index (κ2) is 4.98. The SMILES string of the molecule is Fc1ccc(-c2ncn[c]c2-c2ccccc2)cc1. The van der Waals surface area contributed by atoms with Crippen molar-refractivity contribution in [1.29, 1.82) is 0 Å². The first-order chi connectivity index (χ1) is 9.34. The fourth-order valence-corrected chi connectivity index (χ4v) is 1.93. The summed E-state index contributed by atoms with van der Waals surface area (Å²) in [6.45, 7) is 0. The lowest BCUT2D eigenvalue weighted by molar-refractivity contribution is 0.628. The average Bonchev–Trinajstić information content (AvgIpc) is 2.49. The van der Waals surface area contributed by atoms with E-state index in [-0.39, 0.29) is 5.82 Å². The molecule has 0 N–H and O–H groups in total. The monoisotopic (exact) mass is 249 g/mol. The van der Waals surface area contributed by atoms with Crippen LogP contribution in [0.5, 0.6) is 0 Å². The minimum Gasteiger partial charge on any atom is -0.236 e. The normalized spacial score (nSPS) is 10.4. The van der Waals surface area contributed by atoms with Gasteiger partial charge >= 0.3 is 0 Å². The fourth-order valence-electron chi connectivity index (χ4n) is 1.93. The highest BCUT2D eigenvalue weighted by Crippen LogP contribution is 2.28. The van der Waals surface area contributed by atoms with Gasteiger partial charge in [0.05, 0.1) is 5.69 Å². The van der Waals surface area contributed by atoms with Crippen LogP contribution in [0.3, 0.4) is 0 Å². The van der Waals surface area contributed by atoms with E-state index in [0.717, 1.165) is 22.4 Å². The summed E-state index contributed by atoms with van der Waals surface area (Å²) in [5.41, 5.74) is 3.40. The quantitative estimate of drug-likeness (QED) is 0.691. The summed E-state index contributed by atoms with van der Waals surface area (Å²) in [5, 5.41) is 0. The van der Waals surface area contributed by atoms with Crippen molar-refractivity contribution in [3.05, 3.63) is 72.9 Å². The van der Waals surface area contributed by atoms with Gasteiger partial charge in [-0.2, -0.15) is 0 Å². The number of hydrogen-bond acceptors (Lipinski definition) is 2. The van der Waals surface area contributed by atoms with Crippen LogP contribution in [0.1, 0.15) is 0 Å². The maximum atomic E-state index is 13.0. The van der Waals surface area contributed by atoms with Gasteiger partial charge in [0, 0.05) is 11.1 Å². The van der Waals surface area contributed by atoms with E-state index < -0.39 is 0 Å². The Morgan fingerprint density at radius 1 is 0.842 bits per heavy atom. The van der Waals surface area contributed by atoms with Gasteiger partial charge in [0.25, 0.3) is 0 Å². The largest absolute Gasteiger partial charge is 0.236 e. The average molecular weight is 249 g/mol. The van der Waals surface area contributed by atoms with Crippen LogP contribution in [0, 0.1) is 12.0 Å². The van der Waals surface area contributed by atoms with Gasteiger partial charge in [0.15, 0.2) is 0 Å². The second-order valence-electron chi connectivity index (χ2n) is 4.08. The van der Waals surface area contributed by atoms with Crippen LogP contribution in [0.25, 0.3) is 22.4 Å². The minimum absolute atomic E-state index is 0.261. The maximum Gasteiger partial charge on any atom is 0.123 e. The van der Waals surface area contributed by atoms with Crippen molar-refractivity contribution in [1.82, 2.24) is 9.97 Å². The van der Waals surface area contributed by atoms with Crippen molar-refractivity contribution < 1.29 is 4.39 Å². The molecular weight excluding hydrogens is 239 g/mol. The first-order valence-corrected chi connectivity index (χ1v) is 5.88. The summed E-state index contributed by atoms with van der Waals surface area (Å²) in [6.07, 6.45) is 4.41. The molecule has 1 aromatic heterocycles. The Labute approximate surface area is 110 Å². The molecular formula is C16H10FN2. The third-order valence-corrected chi connectivity index (χ3v) is 2.84. The van der Waals surface area contributed by atoms with E-state index in [1.165, 1.54) is 18.5 Å². The molecule has 0 aliphatic carbocycles. The first-order valence-electron chi connectivity index (χ1n) is 5.88. The third kappa shape index (κ3) is 2.36. The van der Waals surface area contributed by atoms with Gasteiger partial charge in [0.1, 0.15) is 18.3 Å². The van der Waals surface area contributed by atoms with Crippen molar-refractivity contribution in [2.45, 2.75) is 0 Å². The lowest BCUT2D eigenvalue weighted by atomic mass is 10.0. The number of aromatic nitrogens is 2. The van der Waals surface area contributed by atoms with Gasteiger partial charge < -0.3 is 0 Å². The Hall–Kier alpha value is -2.55. The van der Waals surface area contributed by atoms with E-state index in [1.54, 1.807) is 12.1 Å². The van der Waals surface area contributed by atoms with Gasteiger partial charge in [0.2, 0.25) is 0 Å². The molecule has 19 heavy (non-hydrogen) atoms. The highest BCUT2D eigenvalue weighted by atomic mass is 19.1. The Balaban J connectivity index is 2.15. The fraction of sp³-hybridized carbons (Fsp3) is 0. The zero-order chi connectivity index (χ0) is 13.1. The Bertz CT molecular complexity index is 679. The maximum absolute atomic E-state index is 13.0. The Morgan fingerprint density at radius 3 is 2.32 bits per heavy atom. The minimum atomic E-state index is -0.261. The van der Waals surface area contributed by atoms with E-state index in [1.807, 2.05) is 30.3 Å². The zero-order valence-electron chi connectivity index (χ0n) is 10.0. The number of hydrogen-bond donors (Lipinski definition) is 0.